The van der Waals surface area contributed by atoms with E-state index in [1.807, 2.05) is 0 Å². The largest absolute Gasteiger partial charge is 0.388 e. The van der Waals surface area contributed by atoms with Crippen molar-refractivity contribution in [2.75, 3.05) is 0 Å². The predicted octanol–water partition coefficient (Wildman–Crippen LogP) is 1.57. The zero-order valence-corrected chi connectivity index (χ0v) is 7.66. The third-order valence-electron chi connectivity index (χ3n) is 2.04. The Balaban J connectivity index is 2.76. The van der Waals surface area contributed by atoms with Crippen molar-refractivity contribution in [3.63, 3.8) is 0 Å². The second-order valence-corrected chi connectivity index (χ2v) is 3.04. The van der Waals surface area contributed by atoms with Gasteiger partial charge in [0.05, 0.1) is 5.52 Å². The number of hydrogen-bond donors (Lipinski definition) is 1. The first-order valence-electron chi connectivity index (χ1n) is 4.24. The van der Waals surface area contributed by atoms with Gasteiger partial charge in [-0.2, -0.15) is 0 Å². The summed E-state index contributed by atoms with van der Waals surface area (Å²) in [6, 6.07) is 4.32. The van der Waals surface area contributed by atoms with Crippen molar-refractivity contribution in [3.8, 4) is 0 Å². The van der Waals surface area contributed by atoms with Crippen molar-refractivity contribution in [1.82, 2.24) is 9.97 Å². The zero-order valence-electron chi connectivity index (χ0n) is 7.66. The van der Waals surface area contributed by atoms with E-state index in [1.54, 1.807) is 13.0 Å². The van der Waals surface area contributed by atoms with Crippen LogP contribution in [-0.4, -0.2) is 15.1 Å². The number of halogens is 1. The van der Waals surface area contributed by atoms with Gasteiger partial charge in [-0.1, -0.05) is 0 Å². The average molecular weight is 192 g/mol. The van der Waals surface area contributed by atoms with Gasteiger partial charge in [-0.05, 0) is 25.1 Å². The third kappa shape index (κ3) is 1.44. The fourth-order valence-corrected chi connectivity index (χ4v) is 1.38. The maximum atomic E-state index is 12.9. The highest BCUT2D eigenvalue weighted by atomic mass is 19.1. The quantitative estimate of drug-likeness (QED) is 0.746. The van der Waals surface area contributed by atoms with E-state index in [2.05, 4.69) is 9.97 Å². The number of rotatable bonds is 1. The van der Waals surface area contributed by atoms with Crippen LogP contribution in [0, 0.1) is 12.7 Å². The molecule has 0 spiro atoms. The SMILES string of the molecule is Cc1nc(CO)nc2ccc(F)cc12. The Labute approximate surface area is 80.2 Å². The van der Waals surface area contributed by atoms with E-state index in [0.717, 1.165) is 0 Å². The number of aliphatic hydroxyl groups is 1. The summed E-state index contributed by atoms with van der Waals surface area (Å²) >= 11 is 0. The van der Waals surface area contributed by atoms with Crippen LogP contribution in [0.5, 0.6) is 0 Å². The molecule has 1 heterocycles. The number of hydrogen-bond acceptors (Lipinski definition) is 3. The van der Waals surface area contributed by atoms with Crippen LogP contribution in [0.3, 0.4) is 0 Å². The molecule has 0 unspecified atom stereocenters. The summed E-state index contributed by atoms with van der Waals surface area (Å²) in [5.41, 5.74) is 1.33. The lowest BCUT2D eigenvalue weighted by Crippen LogP contribution is -1.98. The van der Waals surface area contributed by atoms with Gasteiger partial charge in [0.2, 0.25) is 0 Å². The van der Waals surface area contributed by atoms with Crippen LogP contribution in [-0.2, 0) is 6.61 Å². The lowest BCUT2D eigenvalue weighted by atomic mass is 10.2. The molecule has 0 saturated carbocycles. The van der Waals surface area contributed by atoms with Crippen LogP contribution in [0.15, 0.2) is 18.2 Å². The Morgan fingerprint density at radius 2 is 2.14 bits per heavy atom. The van der Waals surface area contributed by atoms with E-state index < -0.39 is 0 Å². The molecule has 0 saturated heterocycles. The van der Waals surface area contributed by atoms with Gasteiger partial charge in [-0.15, -0.1) is 0 Å². The molecule has 72 valence electrons. The first kappa shape index (κ1) is 9.02. The number of aliphatic hydroxyl groups excluding tert-OH is 1. The zero-order chi connectivity index (χ0) is 10.1. The summed E-state index contributed by atoms with van der Waals surface area (Å²) in [7, 11) is 0. The van der Waals surface area contributed by atoms with E-state index in [-0.39, 0.29) is 12.4 Å². The molecule has 0 aliphatic carbocycles. The van der Waals surface area contributed by atoms with Crippen LogP contribution in [0.2, 0.25) is 0 Å². The average Bonchev–Trinajstić information content (AvgIpc) is 2.19. The van der Waals surface area contributed by atoms with Crippen LogP contribution in [0.1, 0.15) is 11.5 Å². The van der Waals surface area contributed by atoms with E-state index in [0.29, 0.717) is 22.4 Å². The van der Waals surface area contributed by atoms with Crippen molar-refractivity contribution in [1.29, 1.82) is 0 Å². The molecule has 0 bridgehead atoms. The van der Waals surface area contributed by atoms with Crippen molar-refractivity contribution in [2.24, 2.45) is 0 Å². The molecular weight excluding hydrogens is 183 g/mol. The minimum absolute atomic E-state index is 0.200. The van der Waals surface area contributed by atoms with Crippen LogP contribution in [0.25, 0.3) is 10.9 Å². The summed E-state index contributed by atoms with van der Waals surface area (Å²) < 4.78 is 12.9. The van der Waals surface area contributed by atoms with Gasteiger partial charge in [-0.25, -0.2) is 14.4 Å². The number of benzene rings is 1. The second-order valence-electron chi connectivity index (χ2n) is 3.04. The summed E-state index contributed by atoms with van der Waals surface area (Å²) in [4.78, 5) is 8.10. The fraction of sp³-hybridized carbons (Fsp3) is 0.200. The molecule has 0 amide bonds. The molecule has 0 fully saturated rings. The molecule has 4 heteroatoms. The molecule has 0 radical (unpaired) electrons. The molecule has 0 aliphatic heterocycles. The van der Waals surface area contributed by atoms with Gasteiger partial charge in [0.1, 0.15) is 12.4 Å². The van der Waals surface area contributed by atoms with Crippen molar-refractivity contribution in [2.45, 2.75) is 13.5 Å². The Hall–Kier alpha value is -1.55. The summed E-state index contributed by atoms with van der Waals surface area (Å²) in [5, 5.41) is 9.56. The van der Waals surface area contributed by atoms with Gasteiger partial charge in [-0.3, -0.25) is 0 Å². The van der Waals surface area contributed by atoms with Gasteiger partial charge in [0.15, 0.2) is 5.82 Å². The fourth-order valence-electron chi connectivity index (χ4n) is 1.38. The van der Waals surface area contributed by atoms with E-state index in [1.165, 1.54) is 12.1 Å². The van der Waals surface area contributed by atoms with Gasteiger partial charge in [0, 0.05) is 11.1 Å². The third-order valence-corrected chi connectivity index (χ3v) is 2.04. The normalized spacial score (nSPS) is 10.8. The maximum Gasteiger partial charge on any atom is 0.154 e. The number of aromatic nitrogens is 2. The highest BCUT2D eigenvalue weighted by Crippen LogP contribution is 2.16. The monoisotopic (exact) mass is 192 g/mol. The topological polar surface area (TPSA) is 46.0 Å². The summed E-state index contributed by atoms with van der Waals surface area (Å²) in [6.45, 7) is 1.57. The molecule has 3 nitrogen and oxygen atoms in total. The number of nitrogens with zero attached hydrogens (tertiary/aromatic N) is 2. The lowest BCUT2D eigenvalue weighted by molar-refractivity contribution is 0.271. The Morgan fingerprint density at radius 1 is 1.36 bits per heavy atom. The van der Waals surface area contributed by atoms with E-state index in [9.17, 15) is 4.39 Å². The van der Waals surface area contributed by atoms with E-state index in [4.69, 9.17) is 5.11 Å². The summed E-state index contributed by atoms with van der Waals surface area (Å²) in [5.74, 6) is 0.0579. The highest BCUT2D eigenvalue weighted by molar-refractivity contribution is 5.80. The molecule has 0 aliphatic rings. The standard InChI is InChI=1S/C10H9FN2O/c1-6-8-4-7(11)2-3-9(8)13-10(5-14)12-6/h2-4,14H,5H2,1H3. The van der Waals surface area contributed by atoms with Crippen molar-refractivity contribution >= 4 is 10.9 Å². The number of fused-ring (bicyclic) bond motifs is 1. The second kappa shape index (κ2) is 3.31. The van der Waals surface area contributed by atoms with Crippen molar-refractivity contribution in [3.05, 3.63) is 35.5 Å². The predicted molar refractivity (Wildman–Crippen MR) is 50.2 cm³/mol. The first-order chi connectivity index (χ1) is 6.70. The van der Waals surface area contributed by atoms with Crippen molar-refractivity contribution < 1.29 is 9.50 Å². The van der Waals surface area contributed by atoms with Crippen LogP contribution < -0.4 is 0 Å². The highest BCUT2D eigenvalue weighted by Gasteiger charge is 2.04. The van der Waals surface area contributed by atoms with Crippen LogP contribution >= 0.6 is 0 Å². The molecule has 1 N–H and O–H groups in total. The van der Waals surface area contributed by atoms with Gasteiger partial charge in [0.25, 0.3) is 0 Å². The number of aryl methyl sites for hydroxylation is 1. The summed E-state index contributed by atoms with van der Waals surface area (Å²) in [6.07, 6.45) is 0. The molecule has 2 aromatic rings. The smallest absolute Gasteiger partial charge is 0.154 e. The molecular formula is C10H9FN2O. The molecule has 1 aromatic heterocycles. The first-order valence-corrected chi connectivity index (χ1v) is 4.24. The molecule has 0 atom stereocenters. The minimum atomic E-state index is -0.305. The van der Waals surface area contributed by atoms with Gasteiger partial charge >= 0.3 is 0 Å². The Bertz CT molecular complexity index is 485. The molecule has 1 aromatic carbocycles. The lowest BCUT2D eigenvalue weighted by Gasteiger charge is -2.03. The van der Waals surface area contributed by atoms with E-state index >= 15 is 0 Å². The maximum absolute atomic E-state index is 12.9. The molecule has 14 heavy (non-hydrogen) atoms. The van der Waals surface area contributed by atoms with Gasteiger partial charge < -0.3 is 5.11 Å². The van der Waals surface area contributed by atoms with Crippen LogP contribution in [0.4, 0.5) is 4.39 Å². The Kier molecular flexibility index (Phi) is 2.13. The minimum Gasteiger partial charge on any atom is -0.388 e. The molecule has 2 rings (SSSR count). The Morgan fingerprint density at radius 3 is 2.86 bits per heavy atom.